The third-order valence-corrected chi connectivity index (χ3v) is 5.11. The van der Waals surface area contributed by atoms with Crippen LogP contribution in [-0.4, -0.2) is 30.0 Å². The third kappa shape index (κ3) is 5.79. The number of halogens is 1. The maximum Gasteiger partial charge on any atom is 0.325 e. The van der Waals surface area contributed by atoms with E-state index in [1.807, 2.05) is 30.5 Å². The van der Waals surface area contributed by atoms with E-state index in [1.165, 1.54) is 11.3 Å². The summed E-state index contributed by atoms with van der Waals surface area (Å²) in [5.74, 6) is -0.223. The van der Waals surface area contributed by atoms with Gasteiger partial charge < -0.3 is 14.8 Å². The molecule has 0 saturated heterocycles. The molecule has 8 heteroatoms. The molecule has 1 N–H and O–H groups in total. The van der Waals surface area contributed by atoms with Gasteiger partial charge in [-0.25, -0.2) is 4.98 Å². The Bertz CT molecular complexity index is 988. The van der Waals surface area contributed by atoms with Crippen molar-refractivity contribution in [1.82, 2.24) is 10.3 Å². The van der Waals surface area contributed by atoms with Crippen LogP contribution in [0.15, 0.2) is 53.9 Å². The van der Waals surface area contributed by atoms with Crippen molar-refractivity contribution >= 4 is 34.8 Å². The molecular formula is C21H19ClN2O4S. The number of carbonyl (C=O) groups excluding carboxylic acids is 2. The molecule has 0 radical (unpaired) electrons. The molecule has 0 aliphatic carbocycles. The highest BCUT2D eigenvalue weighted by Crippen LogP contribution is 2.30. The normalized spacial score (nSPS) is 10.4. The van der Waals surface area contributed by atoms with Gasteiger partial charge in [-0.15, -0.1) is 11.3 Å². The van der Waals surface area contributed by atoms with Gasteiger partial charge in [-0.3, -0.25) is 9.59 Å². The fraction of sp³-hybridized carbons (Fsp3) is 0.190. The summed E-state index contributed by atoms with van der Waals surface area (Å²) in [7, 11) is 0. The van der Waals surface area contributed by atoms with Crippen molar-refractivity contribution in [3.63, 3.8) is 0 Å². The summed E-state index contributed by atoms with van der Waals surface area (Å²) in [6.07, 6.45) is 0. The van der Waals surface area contributed by atoms with Crippen LogP contribution in [0, 0.1) is 0 Å². The molecule has 1 amide bonds. The minimum Gasteiger partial charge on any atom is -0.494 e. The Labute approximate surface area is 177 Å². The zero-order valence-electron chi connectivity index (χ0n) is 15.7. The average molecular weight is 431 g/mol. The van der Waals surface area contributed by atoms with Gasteiger partial charge in [0.05, 0.1) is 17.3 Å². The number of aromatic nitrogens is 1. The minimum absolute atomic E-state index is 0.0265. The summed E-state index contributed by atoms with van der Waals surface area (Å²) in [6.45, 7) is 2.23. The minimum atomic E-state index is -0.545. The summed E-state index contributed by atoms with van der Waals surface area (Å²) >= 11 is 7.60. The molecule has 0 aliphatic heterocycles. The zero-order chi connectivity index (χ0) is 20.6. The highest BCUT2D eigenvalue weighted by Gasteiger charge is 2.12. The number of hydrogen-bond donors (Lipinski definition) is 1. The van der Waals surface area contributed by atoms with Gasteiger partial charge in [0.1, 0.15) is 23.9 Å². The van der Waals surface area contributed by atoms with Gasteiger partial charge in [0.25, 0.3) is 5.91 Å². The van der Waals surface area contributed by atoms with Crippen LogP contribution in [-0.2, 0) is 16.1 Å². The molecule has 0 bridgehead atoms. The first kappa shape index (κ1) is 20.8. The van der Waals surface area contributed by atoms with Gasteiger partial charge in [0, 0.05) is 16.5 Å². The van der Waals surface area contributed by atoms with Crippen LogP contribution in [0.2, 0.25) is 5.02 Å². The second-order valence-corrected chi connectivity index (χ2v) is 7.19. The number of carbonyl (C=O) groups is 2. The Morgan fingerprint density at radius 1 is 1.14 bits per heavy atom. The first-order chi connectivity index (χ1) is 14.1. The van der Waals surface area contributed by atoms with Crippen LogP contribution in [0.1, 0.15) is 23.0 Å². The Morgan fingerprint density at radius 2 is 1.90 bits per heavy atom. The average Bonchev–Trinajstić information content (AvgIpc) is 3.20. The molecule has 0 atom stereocenters. The first-order valence-corrected chi connectivity index (χ1v) is 10.2. The number of esters is 1. The van der Waals surface area contributed by atoms with E-state index < -0.39 is 5.97 Å². The molecule has 1 aromatic heterocycles. The molecule has 150 valence electrons. The van der Waals surface area contributed by atoms with Crippen LogP contribution in [0.25, 0.3) is 10.6 Å². The van der Waals surface area contributed by atoms with Crippen molar-refractivity contribution in [3.05, 3.63) is 70.2 Å². The van der Waals surface area contributed by atoms with Gasteiger partial charge in [0.2, 0.25) is 0 Å². The van der Waals surface area contributed by atoms with Crippen LogP contribution in [0.3, 0.4) is 0 Å². The Balaban J connectivity index is 1.46. The maximum atomic E-state index is 12.1. The van der Waals surface area contributed by atoms with Crippen LogP contribution in [0.4, 0.5) is 0 Å². The van der Waals surface area contributed by atoms with E-state index in [0.29, 0.717) is 28.6 Å². The van der Waals surface area contributed by atoms with Gasteiger partial charge >= 0.3 is 5.97 Å². The van der Waals surface area contributed by atoms with Crippen molar-refractivity contribution in [3.8, 4) is 16.3 Å². The zero-order valence-corrected chi connectivity index (χ0v) is 17.3. The summed E-state index contributed by atoms with van der Waals surface area (Å²) < 4.78 is 10.5. The molecule has 2 aromatic carbocycles. The largest absolute Gasteiger partial charge is 0.494 e. The number of thiazole rings is 1. The molecule has 1 heterocycles. The molecule has 3 rings (SSSR count). The standard InChI is InChI=1S/C21H19ClN2O4S/c1-2-27-16-9-7-14(8-10-16)20(26)23-11-19(25)28-12-15-13-29-21(24-15)17-5-3-4-6-18(17)22/h3-10,13H,2,11-12H2,1H3,(H,23,26). The lowest BCUT2D eigenvalue weighted by Gasteiger charge is -2.07. The van der Waals surface area contributed by atoms with Crippen molar-refractivity contribution in [1.29, 1.82) is 0 Å². The monoisotopic (exact) mass is 430 g/mol. The third-order valence-electron chi connectivity index (χ3n) is 3.86. The van der Waals surface area contributed by atoms with E-state index in [-0.39, 0.29) is 19.1 Å². The summed E-state index contributed by atoms with van der Waals surface area (Å²) in [5.41, 5.74) is 1.89. The molecule has 0 saturated carbocycles. The van der Waals surface area contributed by atoms with Crippen LogP contribution in [0.5, 0.6) is 5.75 Å². The molecule has 0 spiro atoms. The highest BCUT2D eigenvalue weighted by molar-refractivity contribution is 7.13. The van der Waals surface area contributed by atoms with E-state index >= 15 is 0 Å². The summed E-state index contributed by atoms with van der Waals surface area (Å²) in [4.78, 5) is 28.5. The molecule has 0 fully saturated rings. The molecule has 29 heavy (non-hydrogen) atoms. The SMILES string of the molecule is CCOc1ccc(C(=O)NCC(=O)OCc2csc(-c3ccccc3Cl)n2)cc1. The molecular weight excluding hydrogens is 412 g/mol. The van der Waals surface area contributed by atoms with E-state index in [4.69, 9.17) is 21.1 Å². The van der Waals surface area contributed by atoms with Crippen molar-refractivity contribution in [2.24, 2.45) is 0 Å². The predicted molar refractivity (Wildman–Crippen MR) is 112 cm³/mol. The van der Waals surface area contributed by atoms with Crippen molar-refractivity contribution < 1.29 is 19.1 Å². The summed E-state index contributed by atoms with van der Waals surface area (Å²) in [6, 6.07) is 14.1. The molecule has 0 aliphatic rings. The topological polar surface area (TPSA) is 77.5 Å². The fourth-order valence-corrected chi connectivity index (χ4v) is 3.59. The van der Waals surface area contributed by atoms with E-state index in [2.05, 4.69) is 10.3 Å². The van der Waals surface area contributed by atoms with E-state index in [1.54, 1.807) is 30.3 Å². The Morgan fingerprint density at radius 3 is 2.62 bits per heavy atom. The lowest BCUT2D eigenvalue weighted by molar-refractivity contribution is -0.143. The summed E-state index contributed by atoms with van der Waals surface area (Å²) in [5, 5.41) is 5.71. The van der Waals surface area contributed by atoms with Crippen LogP contribution < -0.4 is 10.1 Å². The van der Waals surface area contributed by atoms with Crippen LogP contribution >= 0.6 is 22.9 Å². The first-order valence-electron chi connectivity index (χ1n) is 8.93. The number of nitrogens with one attached hydrogen (secondary N) is 1. The molecule has 3 aromatic rings. The van der Waals surface area contributed by atoms with Gasteiger partial charge in [0.15, 0.2) is 0 Å². The Hall–Kier alpha value is -2.90. The van der Waals surface area contributed by atoms with E-state index in [0.717, 1.165) is 10.6 Å². The van der Waals surface area contributed by atoms with Gasteiger partial charge in [-0.1, -0.05) is 29.8 Å². The van der Waals surface area contributed by atoms with Gasteiger partial charge in [-0.2, -0.15) is 0 Å². The molecule has 0 unspecified atom stereocenters. The number of nitrogens with zero attached hydrogens (tertiary/aromatic N) is 1. The maximum absolute atomic E-state index is 12.1. The number of hydrogen-bond acceptors (Lipinski definition) is 6. The second kappa shape index (κ2) is 10.0. The smallest absolute Gasteiger partial charge is 0.325 e. The lowest BCUT2D eigenvalue weighted by atomic mass is 10.2. The predicted octanol–water partition coefficient (Wildman–Crippen LogP) is 4.34. The quantitative estimate of drug-likeness (QED) is 0.538. The van der Waals surface area contributed by atoms with E-state index in [9.17, 15) is 9.59 Å². The van der Waals surface area contributed by atoms with Gasteiger partial charge in [-0.05, 0) is 37.3 Å². The van der Waals surface area contributed by atoms with Crippen molar-refractivity contribution in [2.45, 2.75) is 13.5 Å². The highest BCUT2D eigenvalue weighted by atomic mass is 35.5. The van der Waals surface area contributed by atoms with Crippen molar-refractivity contribution in [2.75, 3.05) is 13.2 Å². The molecule has 6 nitrogen and oxygen atoms in total. The lowest BCUT2D eigenvalue weighted by Crippen LogP contribution is -2.30. The number of rotatable bonds is 8. The number of ether oxygens (including phenoxy) is 2. The second-order valence-electron chi connectivity index (χ2n) is 5.92. The number of amides is 1. The number of benzene rings is 2. The fourth-order valence-electron chi connectivity index (χ4n) is 2.46. The Kier molecular flexibility index (Phi) is 7.21.